The lowest BCUT2D eigenvalue weighted by Crippen LogP contribution is -2.25. The molecule has 0 radical (unpaired) electrons. The molecule has 0 saturated carbocycles. The average Bonchev–Trinajstić information content (AvgIpc) is 2.64. The third-order valence-electron chi connectivity index (χ3n) is 3.79. The molecule has 142 valence electrons. The van der Waals surface area contributed by atoms with Crippen molar-refractivity contribution in [1.29, 1.82) is 5.26 Å². The van der Waals surface area contributed by atoms with E-state index >= 15 is 0 Å². The summed E-state index contributed by atoms with van der Waals surface area (Å²) in [5.74, 6) is -0.774. The Morgan fingerprint density at radius 1 is 1.19 bits per heavy atom. The van der Waals surface area contributed by atoms with Crippen molar-refractivity contribution in [2.24, 2.45) is 0 Å². The van der Waals surface area contributed by atoms with Gasteiger partial charge in [-0.05, 0) is 64.5 Å². The Morgan fingerprint density at radius 3 is 2.52 bits per heavy atom. The number of nitrogens with one attached hydrogen (secondary N) is 1. The molecule has 0 aliphatic carbocycles. The summed E-state index contributed by atoms with van der Waals surface area (Å²) in [5, 5.41) is 28.3. The molecule has 8 heteroatoms. The van der Waals surface area contributed by atoms with Gasteiger partial charge in [-0.1, -0.05) is 30.3 Å². The number of phenols is 2. The van der Waals surface area contributed by atoms with Crippen LogP contribution in [0.25, 0.3) is 6.08 Å². The number of hydrogen-bond donors (Lipinski definition) is 3. The van der Waals surface area contributed by atoms with Crippen LogP contribution in [0.1, 0.15) is 24.0 Å². The van der Waals surface area contributed by atoms with Crippen LogP contribution in [0.2, 0.25) is 0 Å². The fourth-order valence-corrected chi connectivity index (χ4v) is 3.84. The zero-order valence-corrected chi connectivity index (χ0v) is 16.8. The van der Waals surface area contributed by atoms with Crippen molar-refractivity contribution >= 4 is 32.0 Å². The molecule has 6 nitrogen and oxygen atoms in total. The van der Waals surface area contributed by atoms with Gasteiger partial charge in [-0.25, -0.2) is 13.1 Å². The minimum absolute atomic E-state index is 0.192. The summed E-state index contributed by atoms with van der Waals surface area (Å²) in [6.45, 7) is 0.221. The fraction of sp³-hybridized carbons (Fsp3) is 0.211. The first-order chi connectivity index (χ1) is 12.8. The largest absolute Gasteiger partial charge is 0.504 e. The van der Waals surface area contributed by atoms with E-state index in [1.54, 1.807) is 6.07 Å². The standard InChI is InChI=1S/C19H19BrN2O4S/c20-17-11-15(12-18(23)19(17)24)10-16(13-21)27(25,26)22-9-5-4-8-14-6-2-1-3-7-14/h1-3,6-7,10-12,22-24H,4-5,8-9H2/b16-10+. The van der Waals surface area contributed by atoms with E-state index in [4.69, 9.17) is 0 Å². The number of halogens is 1. The van der Waals surface area contributed by atoms with Gasteiger partial charge >= 0.3 is 0 Å². The molecule has 0 fully saturated rings. The highest BCUT2D eigenvalue weighted by Gasteiger charge is 2.17. The number of nitrogens with zero attached hydrogens (tertiary/aromatic N) is 1. The Balaban J connectivity index is 1.98. The van der Waals surface area contributed by atoms with Crippen LogP contribution in [-0.4, -0.2) is 25.2 Å². The number of unbranched alkanes of at least 4 members (excludes halogenated alkanes) is 1. The van der Waals surface area contributed by atoms with E-state index in [2.05, 4.69) is 20.7 Å². The van der Waals surface area contributed by atoms with Crippen molar-refractivity contribution in [2.75, 3.05) is 6.54 Å². The van der Waals surface area contributed by atoms with Crippen LogP contribution < -0.4 is 4.72 Å². The molecule has 0 bridgehead atoms. The van der Waals surface area contributed by atoms with Gasteiger partial charge in [0.1, 0.15) is 6.07 Å². The lowest BCUT2D eigenvalue weighted by Gasteiger charge is -2.07. The molecule has 0 aliphatic rings. The summed E-state index contributed by atoms with van der Waals surface area (Å²) in [5.41, 5.74) is 1.46. The van der Waals surface area contributed by atoms with Crippen molar-refractivity contribution in [3.05, 3.63) is 63.0 Å². The van der Waals surface area contributed by atoms with E-state index in [0.29, 0.717) is 6.42 Å². The Bertz CT molecular complexity index is 944. The molecular formula is C19H19BrN2O4S. The van der Waals surface area contributed by atoms with Gasteiger partial charge in [0.15, 0.2) is 16.4 Å². The van der Waals surface area contributed by atoms with Gasteiger partial charge in [0.25, 0.3) is 10.0 Å². The predicted molar refractivity (Wildman–Crippen MR) is 107 cm³/mol. The lowest BCUT2D eigenvalue weighted by molar-refractivity contribution is 0.401. The summed E-state index contributed by atoms with van der Waals surface area (Å²) in [7, 11) is -3.96. The molecule has 0 saturated heterocycles. The van der Waals surface area contributed by atoms with Gasteiger partial charge < -0.3 is 10.2 Å². The van der Waals surface area contributed by atoms with Crippen LogP contribution in [0.3, 0.4) is 0 Å². The van der Waals surface area contributed by atoms with E-state index in [9.17, 15) is 23.9 Å². The third kappa shape index (κ3) is 6.10. The number of aryl methyl sites for hydroxylation is 1. The molecule has 0 atom stereocenters. The van der Waals surface area contributed by atoms with Gasteiger partial charge in [0.05, 0.1) is 4.47 Å². The minimum Gasteiger partial charge on any atom is -0.504 e. The molecule has 0 amide bonds. The Labute approximate surface area is 167 Å². The highest BCUT2D eigenvalue weighted by atomic mass is 79.9. The average molecular weight is 451 g/mol. The molecule has 0 aliphatic heterocycles. The van der Waals surface area contributed by atoms with Crippen molar-refractivity contribution in [3.8, 4) is 17.6 Å². The second-order valence-electron chi connectivity index (χ2n) is 5.83. The number of aromatic hydroxyl groups is 2. The molecule has 2 aromatic rings. The normalized spacial score (nSPS) is 11.9. The number of allylic oxidation sites excluding steroid dienone is 1. The van der Waals surface area contributed by atoms with Gasteiger partial charge in [-0.3, -0.25) is 0 Å². The monoisotopic (exact) mass is 450 g/mol. The highest BCUT2D eigenvalue weighted by molar-refractivity contribution is 9.10. The van der Waals surface area contributed by atoms with Crippen LogP contribution in [0.4, 0.5) is 0 Å². The molecular weight excluding hydrogens is 432 g/mol. The van der Waals surface area contributed by atoms with E-state index in [1.807, 2.05) is 30.3 Å². The second kappa shape index (κ2) is 9.55. The smallest absolute Gasteiger partial charge is 0.250 e. The SMILES string of the molecule is N#C/C(=C\c1cc(O)c(O)c(Br)c1)S(=O)(=O)NCCCCc1ccccc1. The predicted octanol–water partition coefficient (Wildman–Crippen LogP) is 3.67. The Morgan fingerprint density at radius 2 is 1.89 bits per heavy atom. The number of nitriles is 1. The first-order valence-corrected chi connectivity index (χ1v) is 10.5. The van der Waals surface area contributed by atoms with E-state index in [1.165, 1.54) is 17.7 Å². The maximum Gasteiger partial charge on any atom is 0.250 e. The molecule has 2 aromatic carbocycles. The number of hydrogen-bond acceptors (Lipinski definition) is 5. The van der Waals surface area contributed by atoms with Crippen LogP contribution >= 0.6 is 15.9 Å². The number of benzene rings is 2. The molecule has 0 aromatic heterocycles. The maximum atomic E-state index is 12.3. The zero-order valence-electron chi connectivity index (χ0n) is 14.4. The fourth-order valence-electron chi connectivity index (χ4n) is 2.39. The number of sulfonamides is 1. The van der Waals surface area contributed by atoms with Crippen LogP contribution in [0.15, 0.2) is 51.8 Å². The van der Waals surface area contributed by atoms with Crippen molar-refractivity contribution in [2.45, 2.75) is 19.3 Å². The Kier molecular flexibility index (Phi) is 7.42. The summed E-state index contributed by atoms with van der Waals surface area (Å²) >= 11 is 3.05. The summed E-state index contributed by atoms with van der Waals surface area (Å²) < 4.78 is 27.2. The quantitative estimate of drug-likeness (QED) is 0.322. The molecule has 27 heavy (non-hydrogen) atoms. The first-order valence-electron chi connectivity index (χ1n) is 8.20. The molecule has 0 unspecified atom stereocenters. The van der Waals surface area contributed by atoms with Gasteiger partial charge in [-0.15, -0.1) is 0 Å². The van der Waals surface area contributed by atoms with Gasteiger partial charge in [0.2, 0.25) is 0 Å². The van der Waals surface area contributed by atoms with Crippen LogP contribution in [0, 0.1) is 11.3 Å². The molecule has 0 spiro atoms. The topological polar surface area (TPSA) is 110 Å². The molecule has 2 rings (SSSR count). The number of rotatable bonds is 8. The highest BCUT2D eigenvalue weighted by Crippen LogP contribution is 2.35. The minimum atomic E-state index is -3.96. The van der Waals surface area contributed by atoms with Gasteiger partial charge in [0, 0.05) is 6.54 Å². The zero-order chi connectivity index (χ0) is 19.9. The van der Waals surface area contributed by atoms with Crippen LogP contribution in [-0.2, 0) is 16.4 Å². The van der Waals surface area contributed by atoms with Crippen molar-refractivity contribution in [3.63, 3.8) is 0 Å². The van der Waals surface area contributed by atoms with Crippen molar-refractivity contribution in [1.82, 2.24) is 4.72 Å². The van der Waals surface area contributed by atoms with E-state index in [-0.39, 0.29) is 22.3 Å². The Hall–Kier alpha value is -2.34. The van der Waals surface area contributed by atoms with E-state index in [0.717, 1.165) is 18.9 Å². The van der Waals surface area contributed by atoms with Gasteiger partial charge in [-0.2, -0.15) is 5.26 Å². The summed E-state index contributed by atoms with van der Waals surface area (Å²) in [4.78, 5) is -0.470. The van der Waals surface area contributed by atoms with Crippen molar-refractivity contribution < 1.29 is 18.6 Å². The first kappa shape index (κ1) is 21.0. The molecule has 3 N–H and O–H groups in total. The maximum absolute atomic E-state index is 12.3. The lowest BCUT2D eigenvalue weighted by atomic mass is 10.1. The summed E-state index contributed by atoms with van der Waals surface area (Å²) in [6, 6.07) is 14.1. The second-order valence-corrected chi connectivity index (χ2v) is 8.42. The summed E-state index contributed by atoms with van der Waals surface area (Å²) in [6.07, 6.45) is 3.44. The third-order valence-corrected chi connectivity index (χ3v) is 5.77. The van der Waals surface area contributed by atoms with E-state index < -0.39 is 20.7 Å². The van der Waals surface area contributed by atoms with Crippen LogP contribution in [0.5, 0.6) is 11.5 Å². The number of phenolic OH excluding ortho intramolecular Hbond substituents is 2. The molecule has 0 heterocycles.